The Hall–Kier alpha value is -1.88. The average molecular weight is 307 g/mol. The number of esters is 1. The molecule has 5 nitrogen and oxygen atoms in total. The van der Waals surface area contributed by atoms with Crippen LogP contribution in [-0.2, 0) is 20.7 Å². The summed E-state index contributed by atoms with van der Waals surface area (Å²) >= 11 is 0. The van der Waals surface area contributed by atoms with Gasteiger partial charge in [0.15, 0.2) is 0 Å². The van der Waals surface area contributed by atoms with Crippen LogP contribution in [0.2, 0.25) is 0 Å². The van der Waals surface area contributed by atoms with Gasteiger partial charge in [-0.2, -0.15) is 0 Å². The Balaban J connectivity index is 2.51. The first-order chi connectivity index (χ1) is 10.4. The Kier molecular flexibility index (Phi) is 7.60. The van der Waals surface area contributed by atoms with Crippen molar-refractivity contribution < 1.29 is 19.4 Å². The standard InChI is InChI=1S/C17H25NO4/c1-12(2)11-14(17(21)22-3)18-16(20)15(19)10-9-13-7-5-4-6-8-13/h4-8,12,14-15,19H,9-11H2,1-3H3,(H,18,20)/t14?,15-/m0/s1. The molecule has 1 aromatic carbocycles. The van der Waals surface area contributed by atoms with Crippen molar-refractivity contribution in [3.8, 4) is 0 Å². The van der Waals surface area contributed by atoms with Gasteiger partial charge in [0, 0.05) is 0 Å². The molecule has 0 radical (unpaired) electrons. The zero-order valence-corrected chi connectivity index (χ0v) is 13.4. The molecule has 0 fully saturated rings. The molecule has 122 valence electrons. The zero-order valence-electron chi connectivity index (χ0n) is 13.4. The van der Waals surface area contributed by atoms with Gasteiger partial charge >= 0.3 is 5.97 Å². The Morgan fingerprint density at radius 1 is 1.23 bits per heavy atom. The molecular formula is C17H25NO4. The fourth-order valence-electron chi connectivity index (χ4n) is 2.17. The second-order valence-electron chi connectivity index (χ2n) is 5.75. The van der Waals surface area contributed by atoms with Crippen molar-refractivity contribution in [1.29, 1.82) is 0 Å². The van der Waals surface area contributed by atoms with E-state index in [-0.39, 0.29) is 5.92 Å². The third-order valence-corrected chi connectivity index (χ3v) is 3.36. The predicted octanol–water partition coefficient (Wildman–Crippen LogP) is 1.68. The number of hydrogen-bond acceptors (Lipinski definition) is 4. The molecular weight excluding hydrogens is 282 g/mol. The SMILES string of the molecule is COC(=O)C(CC(C)C)NC(=O)[C@@H](O)CCc1ccccc1. The molecule has 0 spiro atoms. The smallest absolute Gasteiger partial charge is 0.328 e. The van der Waals surface area contributed by atoms with E-state index in [2.05, 4.69) is 10.1 Å². The largest absolute Gasteiger partial charge is 0.467 e. The lowest BCUT2D eigenvalue weighted by Gasteiger charge is -2.20. The van der Waals surface area contributed by atoms with E-state index in [0.29, 0.717) is 19.3 Å². The van der Waals surface area contributed by atoms with Gasteiger partial charge in [0.1, 0.15) is 12.1 Å². The van der Waals surface area contributed by atoms with Crippen LogP contribution >= 0.6 is 0 Å². The molecule has 0 saturated carbocycles. The summed E-state index contributed by atoms with van der Waals surface area (Å²) in [5.41, 5.74) is 1.06. The minimum atomic E-state index is -1.14. The molecule has 1 aromatic rings. The fraction of sp³-hybridized carbons (Fsp3) is 0.529. The third kappa shape index (κ3) is 6.26. The number of benzene rings is 1. The molecule has 0 bridgehead atoms. The van der Waals surface area contributed by atoms with Gasteiger partial charge < -0.3 is 15.2 Å². The maximum atomic E-state index is 12.0. The molecule has 2 atom stereocenters. The van der Waals surface area contributed by atoms with Gasteiger partial charge in [-0.05, 0) is 30.7 Å². The summed E-state index contributed by atoms with van der Waals surface area (Å²) in [6, 6.07) is 8.92. The molecule has 1 unspecified atom stereocenters. The van der Waals surface area contributed by atoms with Gasteiger partial charge in [-0.3, -0.25) is 4.79 Å². The Bertz CT molecular complexity index is 473. The lowest BCUT2D eigenvalue weighted by atomic mass is 10.0. The molecule has 0 aliphatic carbocycles. The molecule has 1 rings (SSSR count). The molecule has 0 aliphatic heterocycles. The molecule has 0 heterocycles. The number of rotatable bonds is 8. The number of methoxy groups -OCH3 is 1. The number of ether oxygens (including phenoxy) is 1. The summed E-state index contributed by atoms with van der Waals surface area (Å²) in [5, 5.41) is 12.5. The van der Waals surface area contributed by atoms with Crippen molar-refractivity contribution in [1.82, 2.24) is 5.32 Å². The highest BCUT2D eigenvalue weighted by Gasteiger charge is 2.25. The number of carbonyl (C=O) groups excluding carboxylic acids is 2. The summed E-state index contributed by atoms with van der Waals surface area (Å²) in [6.07, 6.45) is 0.247. The van der Waals surface area contributed by atoms with Gasteiger partial charge in [-0.1, -0.05) is 44.2 Å². The highest BCUT2D eigenvalue weighted by atomic mass is 16.5. The van der Waals surface area contributed by atoms with Crippen molar-refractivity contribution in [2.75, 3.05) is 7.11 Å². The van der Waals surface area contributed by atoms with Crippen LogP contribution < -0.4 is 5.32 Å². The van der Waals surface area contributed by atoms with Gasteiger partial charge in [0.05, 0.1) is 7.11 Å². The van der Waals surface area contributed by atoms with Crippen LogP contribution in [0.4, 0.5) is 0 Å². The molecule has 22 heavy (non-hydrogen) atoms. The highest BCUT2D eigenvalue weighted by Crippen LogP contribution is 2.09. The number of aliphatic hydroxyl groups excluding tert-OH is 1. The lowest BCUT2D eigenvalue weighted by molar-refractivity contribution is -0.146. The normalized spacial score (nSPS) is 13.5. The van der Waals surface area contributed by atoms with Crippen molar-refractivity contribution in [3.63, 3.8) is 0 Å². The summed E-state index contributed by atoms with van der Waals surface area (Å²) in [6.45, 7) is 3.90. The fourth-order valence-corrected chi connectivity index (χ4v) is 2.17. The van der Waals surface area contributed by atoms with Crippen molar-refractivity contribution >= 4 is 11.9 Å². The summed E-state index contributed by atoms with van der Waals surface area (Å²) in [5.74, 6) is -0.796. The first-order valence-electron chi connectivity index (χ1n) is 7.54. The Morgan fingerprint density at radius 3 is 2.41 bits per heavy atom. The van der Waals surface area contributed by atoms with Gasteiger partial charge in [0.25, 0.3) is 0 Å². The van der Waals surface area contributed by atoms with Gasteiger partial charge in [-0.25, -0.2) is 4.79 Å². The number of aliphatic hydroxyl groups is 1. The second-order valence-corrected chi connectivity index (χ2v) is 5.75. The van der Waals surface area contributed by atoms with Crippen LogP contribution in [0.15, 0.2) is 30.3 Å². The predicted molar refractivity (Wildman–Crippen MR) is 84.2 cm³/mol. The van der Waals surface area contributed by atoms with Crippen LogP contribution in [0, 0.1) is 5.92 Å². The highest BCUT2D eigenvalue weighted by molar-refractivity contribution is 5.86. The van der Waals surface area contributed by atoms with E-state index in [1.165, 1.54) is 7.11 Å². The van der Waals surface area contributed by atoms with Crippen molar-refractivity contribution in [2.45, 2.75) is 45.3 Å². The molecule has 0 aliphatic rings. The van der Waals surface area contributed by atoms with Crippen LogP contribution in [0.1, 0.15) is 32.3 Å². The minimum absolute atomic E-state index is 0.228. The van der Waals surface area contributed by atoms with Crippen LogP contribution in [-0.4, -0.2) is 36.2 Å². The van der Waals surface area contributed by atoms with E-state index in [1.54, 1.807) is 0 Å². The maximum absolute atomic E-state index is 12.0. The van der Waals surface area contributed by atoms with Crippen molar-refractivity contribution in [2.24, 2.45) is 5.92 Å². The summed E-state index contributed by atoms with van der Waals surface area (Å²) in [4.78, 5) is 23.7. The average Bonchev–Trinajstić information content (AvgIpc) is 2.51. The quantitative estimate of drug-likeness (QED) is 0.717. The van der Waals surface area contributed by atoms with E-state index in [1.807, 2.05) is 44.2 Å². The lowest BCUT2D eigenvalue weighted by Crippen LogP contribution is -2.46. The first-order valence-corrected chi connectivity index (χ1v) is 7.54. The van der Waals surface area contributed by atoms with Crippen LogP contribution in [0.25, 0.3) is 0 Å². The number of aryl methyl sites for hydroxylation is 1. The topological polar surface area (TPSA) is 75.6 Å². The van der Waals surface area contributed by atoms with Crippen LogP contribution in [0.3, 0.4) is 0 Å². The second kappa shape index (κ2) is 9.20. The van der Waals surface area contributed by atoms with E-state index >= 15 is 0 Å². The van der Waals surface area contributed by atoms with Crippen molar-refractivity contribution in [3.05, 3.63) is 35.9 Å². The summed E-state index contributed by atoms with van der Waals surface area (Å²) in [7, 11) is 1.29. The summed E-state index contributed by atoms with van der Waals surface area (Å²) < 4.78 is 4.69. The van der Waals surface area contributed by atoms with Crippen LogP contribution in [0.5, 0.6) is 0 Å². The molecule has 2 N–H and O–H groups in total. The first kappa shape index (κ1) is 18.2. The Morgan fingerprint density at radius 2 is 1.86 bits per heavy atom. The molecule has 5 heteroatoms. The molecule has 1 amide bonds. The molecule has 0 saturated heterocycles. The third-order valence-electron chi connectivity index (χ3n) is 3.36. The minimum Gasteiger partial charge on any atom is -0.467 e. The number of hydrogen-bond donors (Lipinski definition) is 2. The monoisotopic (exact) mass is 307 g/mol. The maximum Gasteiger partial charge on any atom is 0.328 e. The van der Waals surface area contributed by atoms with E-state index in [9.17, 15) is 14.7 Å². The van der Waals surface area contributed by atoms with E-state index in [4.69, 9.17) is 0 Å². The Labute approximate surface area is 131 Å². The van der Waals surface area contributed by atoms with Gasteiger partial charge in [0.2, 0.25) is 5.91 Å². The molecule has 0 aromatic heterocycles. The van der Waals surface area contributed by atoms with E-state index in [0.717, 1.165) is 5.56 Å². The number of amides is 1. The number of nitrogens with one attached hydrogen (secondary N) is 1. The van der Waals surface area contributed by atoms with E-state index < -0.39 is 24.0 Å². The van der Waals surface area contributed by atoms with Gasteiger partial charge in [-0.15, -0.1) is 0 Å². The zero-order chi connectivity index (χ0) is 16.5. The number of carbonyl (C=O) groups is 2.